The van der Waals surface area contributed by atoms with Gasteiger partial charge in [-0.2, -0.15) is 5.26 Å². The number of nitriles is 1. The fraction of sp³-hybridized carbons (Fsp3) is 0.182. The number of hydrogen-bond donors (Lipinski definition) is 0. The van der Waals surface area contributed by atoms with Crippen LogP contribution in [0.25, 0.3) is 10.8 Å². The summed E-state index contributed by atoms with van der Waals surface area (Å²) in [6, 6.07) is 24.6. The fourth-order valence-corrected chi connectivity index (χ4v) is 3.43. The lowest BCUT2D eigenvalue weighted by Gasteiger charge is -2.35. The van der Waals surface area contributed by atoms with Crippen molar-refractivity contribution in [2.45, 2.75) is 25.4 Å². The van der Waals surface area contributed by atoms with E-state index in [4.69, 9.17) is 15.0 Å². The zero-order chi connectivity index (χ0) is 17.3. The van der Waals surface area contributed by atoms with Gasteiger partial charge in [0.15, 0.2) is 0 Å². The fourth-order valence-electron chi connectivity index (χ4n) is 3.43. The Morgan fingerprint density at radius 3 is 2.64 bits per heavy atom. The van der Waals surface area contributed by atoms with Crippen LogP contribution < -0.4 is 0 Å². The van der Waals surface area contributed by atoms with Crippen LogP contribution in [0.3, 0.4) is 0 Å². The van der Waals surface area contributed by atoms with Crippen molar-refractivity contribution in [1.82, 2.24) is 0 Å². The molecule has 3 nitrogen and oxygen atoms in total. The zero-order valence-electron chi connectivity index (χ0n) is 14.1. The van der Waals surface area contributed by atoms with Crippen molar-refractivity contribution in [3.05, 3.63) is 77.9 Å². The lowest BCUT2D eigenvalue weighted by atomic mass is 9.88. The highest BCUT2D eigenvalue weighted by molar-refractivity contribution is 6.08. The largest absolute Gasteiger partial charge is 0.466 e. The second-order valence-corrected chi connectivity index (χ2v) is 6.45. The van der Waals surface area contributed by atoms with Gasteiger partial charge in [-0.15, -0.1) is 0 Å². The maximum absolute atomic E-state index is 9.05. The summed E-state index contributed by atoms with van der Waals surface area (Å²) in [7, 11) is 0. The number of fused-ring (bicyclic) bond motifs is 2. The van der Waals surface area contributed by atoms with Crippen LogP contribution in [0, 0.1) is 11.3 Å². The van der Waals surface area contributed by atoms with Gasteiger partial charge < -0.3 is 4.74 Å². The van der Waals surface area contributed by atoms with E-state index in [9.17, 15) is 0 Å². The van der Waals surface area contributed by atoms with Crippen molar-refractivity contribution in [1.29, 1.82) is 5.26 Å². The van der Waals surface area contributed by atoms with Crippen molar-refractivity contribution in [3.63, 3.8) is 0 Å². The predicted octanol–water partition coefficient (Wildman–Crippen LogP) is 5.47. The molecule has 1 unspecified atom stereocenters. The summed E-state index contributed by atoms with van der Waals surface area (Å²) in [6.07, 6.45) is 1.07. The van der Waals surface area contributed by atoms with Crippen molar-refractivity contribution in [3.8, 4) is 6.07 Å². The van der Waals surface area contributed by atoms with Gasteiger partial charge in [0, 0.05) is 24.0 Å². The zero-order valence-corrected chi connectivity index (χ0v) is 14.1. The maximum atomic E-state index is 9.05. The van der Waals surface area contributed by atoms with E-state index in [1.54, 1.807) is 0 Å². The number of hydrogen-bond acceptors (Lipinski definition) is 3. The first-order valence-corrected chi connectivity index (χ1v) is 8.43. The van der Waals surface area contributed by atoms with E-state index in [-0.39, 0.29) is 0 Å². The molecule has 0 N–H and O–H groups in total. The number of nitrogens with zero attached hydrogens (tertiary/aromatic N) is 2. The van der Waals surface area contributed by atoms with Gasteiger partial charge >= 0.3 is 0 Å². The molecular formula is C22H18N2O. The first-order valence-electron chi connectivity index (χ1n) is 8.43. The molecule has 1 heterocycles. The van der Waals surface area contributed by atoms with E-state index < -0.39 is 5.60 Å². The average molecular weight is 326 g/mol. The third kappa shape index (κ3) is 2.66. The highest BCUT2D eigenvalue weighted by Crippen LogP contribution is 2.41. The molecule has 4 rings (SSSR count). The van der Waals surface area contributed by atoms with Crippen LogP contribution in [-0.4, -0.2) is 5.90 Å². The van der Waals surface area contributed by atoms with Gasteiger partial charge in [0.1, 0.15) is 5.60 Å². The van der Waals surface area contributed by atoms with Gasteiger partial charge in [-0.1, -0.05) is 54.6 Å². The first-order chi connectivity index (χ1) is 12.2. The van der Waals surface area contributed by atoms with E-state index >= 15 is 0 Å². The third-order valence-electron chi connectivity index (χ3n) is 4.75. The Bertz CT molecular complexity index is 1010. The van der Waals surface area contributed by atoms with Crippen LogP contribution in [-0.2, 0) is 10.3 Å². The van der Waals surface area contributed by atoms with Crippen LogP contribution in [0.5, 0.6) is 0 Å². The Hall–Kier alpha value is -3.12. The van der Waals surface area contributed by atoms with Crippen molar-refractivity contribution >= 4 is 22.4 Å². The number of para-hydroxylation sites is 1. The molecule has 0 saturated heterocycles. The minimum atomic E-state index is -0.555. The standard InChI is InChI=1S/C22H18N2O/c1-22(14-7-15-23)19-12-4-5-13-20(19)24-21(25-22)18-11-6-9-16-8-2-3-10-17(16)18/h2-6,8-13H,7,14H2,1H3. The van der Waals surface area contributed by atoms with Gasteiger partial charge in [0.2, 0.25) is 5.90 Å². The van der Waals surface area contributed by atoms with E-state index in [0.717, 1.165) is 27.6 Å². The Morgan fingerprint density at radius 2 is 1.76 bits per heavy atom. The van der Waals surface area contributed by atoms with Crippen LogP contribution in [0.15, 0.2) is 71.7 Å². The highest BCUT2D eigenvalue weighted by Gasteiger charge is 2.36. The monoisotopic (exact) mass is 326 g/mol. The number of aliphatic imine (C=N–C) groups is 1. The molecule has 1 aliphatic rings. The molecule has 0 aliphatic carbocycles. The van der Waals surface area contributed by atoms with Crippen LogP contribution in [0.1, 0.15) is 30.9 Å². The lowest BCUT2D eigenvalue weighted by Crippen LogP contribution is -2.32. The number of rotatable bonds is 3. The Balaban J connectivity index is 1.89. The number of benzene rings is 3. The quantitative estimate of drug-likeness (QED) is 0.641. The topological polar surface area (TPSA) is 45.4 Å². The van der Waals surface area contributed by atoms with Crippen molar-refractivity contribution in [2.75, 3.05) is 0 Å². The summed E-state index contributed by atoms with van der Waals surface area (Å²) in [4.78, 5) is 4.78. The molecule has 3 aromatic carbocycles. The first kappa shape index (κ1) is 15.4. The summed E-state index contributed by atoms with van der Waals surface area (Å²) < 4.78 is 6.40. The minimum absolute atomic E-state index is 0.438. The molecule has 0 spiro atoms. The molecule has 0 saturated carbocycles. The predicted molar refractivity (Wildman–Crippen MR) is 99.9 cm³/mol. The summed E-state index contributed by atoms with van der Waals surface area (Å²) in [6.45, 7) is 2.04. The van der Waals surface area contributed by atoms with Gasteiger partial charge in [-0.3, -0.25) is 0 Å². The second kappa shape index (κ2) is 6.07. The molecule has 1 atom stereocenters. The molecule has 3 aromatic rings. The Labute approximate surface area is 147 Å². The molecule has 0 aromatic heterocycles. The highest BCUT2D eigenvalue weighted by atomic mass is 16.5. The van der Waals surface area contributed by atoms with Gasteiger partial charge in [0.25, 0.3) is 0 Å². The molecule has 1 aliphatic heterocycles. The van der Waals surface area contributed by atoms with Gasteiger partial charge in [0.05, 0.1) is 11.8 Å². The van der Waals surface area contributed by atoms with E-state index in [1.807, 2.05) is 55.5 Å². The Morgan fingerprint density at radius 1 is 1.00 bits per heavy atom. The Kier molecular flexibility index (Phi) is 3.74. The molecule has 0 bridgehead atoms. The van der Waals surface area contributed by atoms with E-state index in [1.165, 1.54) is 0 Å². The summed E-state index contributed by atoms with van der Waals surface area (Å²) >= 11 is 0. The minimum Gasteiger partial charge on any atom is -0.466 e. The molecule has 0 radical (unpaired) electrons. The van der Waals surface area contributed by atoms with Crippen LogP contribution in [0.4, 0.5) is 5.69 Å². The van der Waals surface area contributed by atoms with Crippen molar-refractivity contribution < 1.29 is 4.74 Å². The van der Waals surface area contributed by atoms with E-state index in [2.05, 4.69) is 24.3 Å². The average Bonchev–Trinajstić information content (AvgIpc) is 2.66. The van der Waals surface area contributed by atoms with Gasteiger partial charge in [-0.05, 0) is 29.8 Å². The summed E-state index contributed by atoms with van der Waals surface area (Å²) in [5.41, 5.74) is 2.38. The second-order valence-electron chi connectivity index (χ2n) is 6.45. The molecular weight excluding hydrogens is 308 g/mol. The molecule has 25 heavy (non-hydrogen) atoms. The normalized spacial score (nSPS) is 18.8. The third-order valence-corrected chi connectivity index (χ3v) is 4.75. The smallest absolute Gasteiger partial charge is 0.222 e. The number of ether oxygens (including phenoxy) is 1. The molecule has 0 fully saturated rings. The summed E-state index contributed by atoms with van der Waals surface area (Å²) in [5, 5.41) is 11.3. The molecule has 3 heteroatoms. The summed E-state index contributed by atoms with van der Waals surface area (Å²) in [5.74, 6) is 0.621. The van der Waals surface area contributed by atoms with Crippen LogP contribution in [0.2, 0.25) is 0 Å². The van der Waals surface area contributed by atoms with Crippen LogP contribution >= 0.6 is 0 Å². The SMILES string of the molecule is CC1(CCC#N)OC(c2cccc3ccccc23)=Nc2ccccc21. The maximum Gasteiger partial charge on any atom is 0.222 e. The molecule has 122 valence electrons. The lowest BCUT2D eigenvalue weighted by molar-refractivity contribution is 0.0622. The van der Waals surface area contributed by atoms with E-state index in [0.29, 0.717) is 18.7 Å². The van der Waals surface area contributed by atoms with Gasteiger partial charge in [-0.25, -0.2) is 4.99 Å². The molecule has 0 amide bonds. The van der Waals surface area contributed by atoms with Crippen molar-refractivity contribution in [2.24, 2.45) is 4.99 Å².